The number of amides is 3. The Balaban J connectivity index is 2.15. The summed E-state index contributed by atoms with van der Waals surface area (Å²) in [5.74, 6) is -0.845. The van der Waals surface area contributed by atoms with Crippen LogP contribution in [0.25, 0.3) is 0 Å². The lowest BCUT2D eigenvalue weighted by Crippen LogP contribution is -2.47. The van der Waals surface area contributed by atoms with Gasteiger partial charge in [0.15, 0.2) is 17.2 Å². The molecular formula is C24H33N5O7S. The molecule has 1 heterocycles. The van der Waals surface area contributed by atoms with Crippen molar-refractivity contribution in [3.8, 4) is 17.2 Å². The molecule has 3 amide bonds. The van der Waals surface area contributed by atoms with E-state index in [-0.39, 0.29) is 41.4 Å². The van der Waals surface area contributed by atoms with E-state index in [1.807, 2.05) is 0 Å². The molecule has 1 atom stereocenters. The highest BCUT2D eigenvalue weighted by atomic mass is 32.1. The average Bonchev–Trinajstić information content (AvgIpc) is 3.54. The van der Waals surface area contributed by atoms with Gasteiger partial charge in [-0.1, -0.05) is 12.8 Å². The van der Waals surface area contributed by atoms with E-state index < -0.39 is 17.9 Å². The molecule has 1 aromatic heterocycles. The fraction of sp³-hybridized carbons (Fsp3) is 0.500. The Bertz CT molecular complexity index is 1110. The van der Waals surface area contributed by atoms with Crippen LogP contribution in [-0.2, 0) is 9.53 Å². The van der Waals surface area contributed by atoms with Crippen LogP contribution in [0.15, 0.2) is 12.1 Å². The summed E-state index contributed by atoms with van der Waals surface area (Å²) in [5, 5.41) is 3.08. The zero-order valence-electron chi connectivity index (χ0n) is 21.4. The Morgan fingerprint density at radius 2 is 1.73 bits per heavy atom. The Hall–Kier alpha value is -3.58. The van der Waals surface area contributed by atoms with E-state index in [1.165, 1.54) is 33.3 Å². The normalized spacial score (nSPS) is 14.2. The smallest absolute Gasteiger partial charge is 0.270 e. The largest absolute Gasteiger partial charge is 0.493 e. The first-order valence-corrected chi connectivity index (χ1v) is 12.5. The van der Waals surface area contributed by atoms with Gasteiger partial charge in [-0.05, 0) is 42.1 Å². The van der Waals surface area contributed by atoms with Crippen molar-refractivity contribution in [2.45, 2.75) is 37.8 Å². The highest BCUT2D eigenvalue weighted by Gasteiger charge is 2.37. The third-order valence-corrected chi connectivity index (χ3v) is 7.07. The molecule has 37 heavy (non-hydrogen) atoms. The van der Waals surface area contributed by atoms with Crippen LogP contribution >= 0.6 is 11.5 Å². The Kier molecular flexibility index (Phi) is 9.53. The number of nitrogens with two attached hydrogens (primary N) is 2. The van der Waals surface area contributed by atoms with Crippen LogP contribution < -0.4 is 31.0 Å². The summed E-state index contributed by atoms with van der Waals surface area (Å²) in [6.45, 7) is 0.169. The van der Waals surface area contributed by atoms with Crippen molar-refractivity contribution >= 4 is 34.9 Å². The van der Waals surface area contributed by atoms with Crippen LogP contribution in [0.1, 0.15) is 57.4 Å². The standard InChI is InChI=1S/C24H33N5O7S/c1-33-10-9-29(24(32)21-17(25)18(22(26)30)28-37-21)19(23(31)27-14-7-5-6-8-14)13-11-15(34-2)20(36-4)16(12-13)35-3/h11-12,14,19H,5-10,25H2,1-4H3,(H2,26,30)(H,27,31)/t19-/m0/s1. The Morgan fingerprint density at radius 3 is 2.22 bits per heavy atom. The second kappa shape index (κ2) is 12.6. The molecule has 13 heteroatoms. The van der Waals surface area contributed by atoms with Crippen LogP contribution in [0.2, 0.25) is 0 Å². The van der Waals surface area contributed by atoms with Gasteiger partial charge in [0.25, 0.3) is 11.8 Å². The van der Waals surface area contributed by atoms with Crippen LogP contribution in [0.4, 0.5) is 5.69 Å². The van der Waals surface area contributed by atoms with Crippen LogP contribution in [0.3, 0.4) is 0 Å². The highest BCUT2D eigenvalue weighted by molar-refractivity contribution is 7.09. The SMILES string of the molecule is COCCN(C(=O)c1snc(C(N)=O)c1N)[C@H](C(=O)NC1CCCC1)c1cc(OC)c(OC)c(OC)c1. The number of aromatic nitrogens is 1. The van der Waals surface area contributed by atoms with Crippen molar-refractivity contribution in [2.75, 3.05) is 47.3 Å². The number of benzene rings is 1. The van der Waals surface area contributed by atoms with E-state index in [0.29, 0.717) is 22.8 Å². The van der Waals surface area contributed by atoms with Crippen LogP contribution in [-0.4, -0.2) is 74.6 Å². The van der Waals surface area contributed by atoms with Gasteiger partial charge in [-0.15, -0.1) is 0 Å². The molecule has 0 saturated heterocycles. The molecule has 1 aliphatic rings. The molecule has 0 bridgehead atoms. The molecular weight excluding hydrogens is 502 g/mol. The van der Waals surface area contributed by atoms with E-state index in [2.05, 4.69) is 9.69 Å². The van der Waals surface area contributed by atoms with Gasteiger partial charge in [0.1, 0.15) is 10.9 Å². The third-order valence-electron chi connectivity index (χ3n) is 6.22. The maximum Gasteiger partial charge on any atom is 0.270 e. The summed E-state index contributed by atoms with van der Waals surface area (Å²) >= 11 is 0.744. The number of nitrogens with zero attached hydrogens (tertiary/aromatic N) is 2. The first-order valence-electron chi connectivity index (χ1n) is 11.7. The molecule has 0 unspecified atom stereocenters. The number of nitrogens with one attached hydrogen (secondary N) is 1. The lowest BCUT2D eigenvalue weighted by molar-refractivity contribution is -0.126. The number of rotatable bonds is 12. The van der Waals surface area contributed by atoms with Gasteiger partial charge < -0.3 is 40.6 Å². The predicted octanol–water partition coefficient (Wildman–Crippen LogP) is 1.74. The van der Waals surface area contributed by atoms with Gasteiger partial charge in [0, 0.05) is 19.7 Å². The topological polar surface area (TPSA) is 168 Å². The van der Waals surface area contributed by atoms with Gasteiger partial charge in [0.2, 0.25) is 11.7 Å². The van der Waals surface area contributed by atoms with E-state index in [0.717, 1.165) is 37.2 Å². The molecule has 2 aromatic rings. The summed E-state index contributed by atoms with van der Waals surface area (Å²) in [4.78, 5) is 40.7. The lowest BCUT2D eigenvalue weighted by Gasteiger charge is -2.32. The number of ether oxygens (including phenoxy) is 4. The van der Waals surface area contributed by atoms with Crippen molar-refractivity contribution in [3.63, 3.8) is 0 Å². The number of methoxy groups -OCH3 is 4. The first kappa shape index (κ1) is 28.0. The summed E-state index contributed by atoms with van der Waals surface area (Å²) < 4.78 is 25.6. The fourth-order valence-corrected chi connectivity index (χ4v) is 5.14. The van der Waals surface area contributed by atoms with E-state index in [4.69, 9.17) is 30.4 Å². The molecule has 0 radical (unpaired) electrons. The van der Waals surface area contributed by atoms with Crippen molar-refractivity contribution in [1.29, 1.82) is 0 Å². The molecule has 12 nitrogen and oxygen atoms in total. The minimum absolute atomic E-state index is 0.00369. The quantitative estimate of drug-likeness (QED) is 0.366. The monoisotopic (exact) mass is 535 g/mol. The maximum absolute atomic E-state index is 13.8. The molecule has 1 saturated carbocycles. The van der Waals surface area contributed by atoms with Gasteiger partial charge in [-0.2, -0.15) is 4.37 Å². The zero-order chi connectivity index (χ0) is 27.1. The molecule has 0 aliphatic heterocycles. The fourth-order valence-electron chi connectivity index (χ4n) is 4.38. The Labute approximate surface area is 219 Å². The van der Waals surface area contributed by atoms with Gasteiger partial charge in [-0.3, -0.25) is 14.4 Å². The van der Waals surface area contributed by atoms with E-state index in [9.17, 15) is 14.4 Å². The number of hydrogen-bond acceptors (Lipinski definition) is 10. The first-order chi connectivity index (χ1) is 17.8. The summed E-state index contributed by atoms with van der Waals surface area (Å²) in [7, 11) is 5.89. The summed E-state index contributed by atoms with van der Waals surface area (Å²) in [5.41, 5.74) is 11.5. The highest BCUT2D eigenvalue weighted by Crippen LogP contribution is 2.41. The second-order valence-corrected chi connectivity index (χ2v) is 9.25. The van der Waals surface area contributed by atoms with E-state index in [1.54, 1.807) is 12.1 Å². The minimum Gasteiger partial charge on any atom is -0.493 e. The van der Waals surface area contributed by atoms with Crippen LogP contribution in [0.5, 0.6) is 17.2 Å². The predicted molar refractivity (Wildman–Crippen MR) is 137 cm³/mol. The van der Waals surface area contributed by atoms with E-state index >= 15 is 0 Å². The van der Waals surface area contributed by atoms with Crippen molar-refractivity contribution in [1.82, 2.24) is 14.6 Å². The summed E-state index contributed by atoms with van der Waals surface area (Å²) in [6, 6.07) is 2.12. The van der Waals surface area contributed by atoms with Gasteiger partial charge in [-0.25, -0.2) is 0 Å². The lowest BCUT2D eigenvalue weighted by atomic mass is 10.0. The average molecular weight is 536 g/mol. The van der Waals surface area contributed by atoms with Gasteiger partial charge >= 0.3 is 0 Å². The van der Waals surface area contributed by atoms with Crippen molar-refractivity contribution in [3.05, 3.63) is 28.3 Å². The number of carbonyl (C=O) groups is 3. The molecule has 1 aliphatic carbocycles. The number of anilines is 1. The third kappa shape index (κ3) is 6.05. The number of hydrogen-bond donors (Lipinski definition) is 3. The number of carbonyl (C=O) groups excluding carboxylic acids is 3. The zero-order valence-corrected chi connectivity index (χ0v) is 22.2. The summed E-state index contributed by atoms with van der Waals surface area (Å²) in [6.07, 6.45) is 3.73. The Morgan fingerprint density at radius 1 is 1.11 bits per heavy atom. The molecule has 1 fully saturated rings. The maximum atomic E-state index is 13.8. The molecule has 0 spiro atoms. The van der Waals surface area contributed by atoms with Gasteiger partial charge in [0.05, 0.1) is 33.6 Å². The minimum atomic E-state index is -1.12. The van der Waals surface area contributed by atoms with Crippen LogP contribution in [0, 0.1) is 0 Å². The van der Waals surface area contributed by atoms with Crippen molar-refractivity contribution in [2.24, 2.45) is 5.73 Å². The number of primary amides is 1. The molecule has 202 valence electrons. The second-order valence-electron chi connectivity index (χ2n) is 8.48. The number of nitrogen functional groups attached to an aromatic ring is 1. The molecule has 1 aromatic carbocycles. The van der Waals surface area contributed by atoms with Crippen molar-refractivity contribution < 1.29 is 33.3 Å². The molecule has 3 rings (SSSR count). The molecule has 5 N–H and O–H groups in total.